The Hall–Kier alpha value is 0. The maximum atomic E-state index is 2.46. The van der Waals surface area contributed by atoms with Gasteiger partial charge in [-0.2, -0.15) is 0 Å². The molecule has 3 unspecified atom stereocenters. The molecule has 3 atom stereocenters. The summed E-state index contributed by atoms with van der Waals surface area (Å²) in [6.45, 7) is 9.56. The molecule has 0 aliphatic heterocycles. The first kappa shape index (κ1) is 10.1. The van der Waals surface area contributed by atoms with Crippen LogP contribution in [-0.4, -0.2) is 0 Å². The number of unbranched alkanes of at least 4 members (excludes halogenated alkanes) is 1. The van der Waals surface area contributed by atoms with Crippen LogP contribution in [-0.2, 0) is 0 Å². The van der Waals surface area contributed by atoms with Crippen LogP contribution >= 0.6 is 0 Å². The fourth-order valence-corrected chi connectivity index (χ4v) is 2.38. The number of rotatable bonds is 5. The maximum Gasteiger partial charge on any atom is -0.0295 e. The molecule has 12 heavy (non-hydrogen) atoms. The molecule has 0 aromatic carbocycles. The summed E-state index contributed by atoms with van der Waals surface area (Å²) >= 11 is 0. The minimum Gasteiger partial charge on any atom is -0.0654 e. The Morgan fingerprint density at radius 1 is 1.50 bits per heavy atom. The van der Waals surface area contributed by atoms with Crippen LogP contribution < -0.4 is 0 Å². The van der Waals surface area contributed by atoms with Crippen molar-refractivity contribution in [3.05, 3.63) is 0 Å². The molecular weight excluding hydrogens is 144 g/mol. The molecule has 0 radical (unpaired) electrons. The SMILES string of the molecule is CCCCC(C)CC1(C)CC1C. The van der Waals surface area contributed by atoms with Crippen LogP contribution in [0.3, 0.4) is 0 Å². The summed E-state index contributed by atoms with van der Waals surface area (Å²) in [5, 5.41) is 0. The van der Waals surface area contributed by atoms with Gasteiger partial charge in [-0.15, -0.1) is 0 Å². The summed E-state index contributed by atoms with van der Waals surface area (Å²) in [6.07, 6.45) is 7.17. The average Bonchev–Trinajstić information content (AvgIpc) is 2.55. The van der Waals surface area contributed by atoms with E-state index in [-0.39, 0.29) is 0 Å². The van der Waals surface area contributed by atoms with E-state index < -0.39 is 0 Å². The van der Waals surface area contributed by atoms with Crippen LogP contribution in [0.25, 0.3) is 0 Å². The summed E-state index contributed by atoms with van der Waals surface area (Å²) in [4.78, 5) is 0. The zero-order valence-electron chi connectivity index (χ0n) is 9.19. The van der Waals surface area contributed by atoms with E-state index in [4.69, 9.17) is 0 Å². The normalized spacial score (nSPS) is 36.5. The van der Waals surface area contributed by atoms with Gasteiger partial charge in [0.15, 0.2) is 0 Å². The smallest absolute Gasteiger partial charge is 0.0295 e. The molecule has 0 N–H and O–H groups in total. The standard InChI is InChI=1S/C12H24/c1-5-6-7-10(2)8-12(4)9-11(12)3/h10-11H,5-9H2,1-4H3. The van der Waals surface area contributed by atoms with Crippen molar-refractivity contribution in [3.8, 4) is 0 Å². The first-order valence-corrected chi connectivity index (χ1v) is 5.58. The lowest BCUT2D eigenvalue weighted by atomic mass is 9.90. The van der Waals surface area contributed by atoms with Gasteiger partial charge in [0.05, 0.1) is 0 Å². The quantitative estimate of drug-likeness (QED) is 0.575. The lowest BCUT2D eigenvalue weighted by Gasteiger charge is -2.16. The van der Waals surface area contributed by atoms with E-state index >= 15 is 0 Å². The molecule has 0 heteroatoms. The van der Waals surface area contributed by atoms with Crippen molar-refractivity contribution in [1.29, 1.82) is 0 Å². The third-order valence-corrected chi connectivity index (χ3v) is 3.67. The topological polar surface area (TPSA) is 0 Å². The lowest BCUT2D eigenvalue weighted by molar-refractivity contribution is 0.352. The predicted molar refractivity (Wildman–Crippen MR) is 55.2 cm³/mol. The van der Waals surface area contributed by atoms with E-state index in [1.54, 1.807) is 0 Å². The number of hydrogen-bond acceptors (Lipinski definition) is 0. The molecule has 0 saturated heterocycles. The summed E-state index contributed by atoms with van der Waals surface area (Å²) < 4.78 is 0. The molecule has 1 fully saturated rings. The van der Waals surface area contributed by atoms with Crippen LogP contribution in [0.15, 0.2) is 0 Å². The van der Waals surface area contributed by atoms with Gasteiger partial charge in [0.1, 0.15) is 0 Å². The highest BCUT2D eigenvalue weighted by atomic mass is 14.5. The van der Waals surface area contributed by atoms with Gasteiger partial charge in [-0.1, -0.05) is 47.0 Å². The molecular formula is C12H24. The molecule has 72 valence electrons. The zero-order chi connectivity index (χ0) is 9.19. The highest BCUT2D eigenvalue weighted by molar-refractivity contribution is 4.96. The highest BCUT2D eigenvalue weighted by Gasteiger charge is 2.46. The van der Waals surface area contributed by atoms with Crippen molar-refractivity contribution in [2.75, 3.05) is 0 Å². The second kappa shape index (κ2) is 3.81. The monoisotopic (exact) mass is 168 g/mol. The van der Waals surface area contributed by atoms with Gasteiger partial charge in [0.25, 0.3) is 0 Å². The van der Waals surface area contributed by atoms with E-state index in [2.05, 4.69) is 27.7 Å². The Labute approximate surface area is 77.7 Å². The van der Waals surface area contributed by atoms with Crippen molar-refractivity contribution in [2.45, 2.75) is 59.8 Å². The number of hydrogen-bond donors (Lipinski definition) is 0. The Balaban J connectivity index is 2.14. The first-order valence-electron chi connectivity index (χ1n) is 5.58. The van der Waals surface area contributed by atoms with Crippen molar-refractivity contribution >= 4 is 0 Å². The van der Waals surface area contributed by atoms with Crippen LogP contribution in [0.1, 0.15) is 59.8 Å². The molecule has 0 amide bonds. The molecule has 1 saturated carbocycles. The second-order valence-electron chi connectivity index (χ2n) is 5.21. The average molecular weight is 168 g/mol. The van der Waals surface area contributed by atoms with Crippen LogP contribution in [0.4, 0.5) is 0 Å². The fraction of sp³-hybridized carbons (Fsp3) is 1.00. The summed E-state index contributed by atoms with van der Waals surface area (Å²) in [6, 6.07) is 0. The van der Waals surface area contributed by atoms with E-state index in [9.17, 15) is 0 Å². The summed E-state index contributed by atoms with van der Waals surface area (Å²) in [7, 11) is 0. The van der Waals surface area contributed by atoms with Gasteiger partial charge in [-0.3, -0.25) is 0 Å². The van der Waals surface area contributed by atoms with Gasteiger partial charge < -0.3 is 0 Å². The molecule has 0 bridgehead atoms. The van der Waals surface area contributed by atoms with Crippen LogP contribution in [0, 0.1) is 17.3 Å². The molecule has 0 aromatic rings. The van der Waals surface area contributed by atoms with Crippen LogP contribution in [0.5, 0.6) is 0 Å². The highest BCUT2D eigenvalue weighted by Crippen LogP contribution is 2.56. The third-order valence-electron chi connectivity index (χ3n) is 3.67. The molecule has 0 aromatic heterocycles. The third kappa shape index (κ3) is 2.50. The molecule has 0 heterocycles. The molecule has 1 aliphatic carbocycles. The molecule has 0 nitrogen and oxygen atoms in total. The largest absolute Gasteiger partial charge is 0.0654 e. The van der Waals surface area contributed by atoms with Gasteiger partial charge >= 0.3 is 0 Å². The summed E-state index contributed by atoms with van der Waals surface area (Å²) in [5.74, 6) is 1.96. The van der Waals surface area contributed by atoms with E-state index in [1.807, 2.05) is 0 Å². The first-order chi connectivity index (χ1) is 5.58. The zero-order valence-corrected chi connectivity index (χ0v) is 9.19. The molecule has 0 spiro atoms. The minimum atomic E-state index is 0.729. The van der Waals surface area contributed by atoms with Gasteiger partial charge in [-0.05, 0) is 30.1 Å². The van der Waals surface area contributed by atoms with Crippen LogP contribution in [0.2, 0.25) is 0 Å². The summed E-state index contributed by atoms with van der Waals surface area (Å²) in [5.41, 5.74) is 0.729. The Bertz CT molecular complexity index is 139. The van der Waals surface area contributed by atoms with Gasteiger partial charge in [0.2, 0.25) is 0 Å². The van der Waals surface area contributed by atoms with E-state index in [1.165, 1.54) is 32.1 Å². The van der Waals surface area contributed by atoms with Gasteiger partial charge in [-0.25, -0.2) is 0 Å². The van der Waals surface area contributed by atoms with Crippen molar-refractivity contribution in [3.63, 3.8) is 0 Å². The van der Waals surface area contributed by atoms with E-state index in [0.29, 0.717) is 0 Å². The Morgan fingerprint density at radius 3 is 2.50 bits per heavy atom. The molecule has 1 rings (SSSR count). The maximum absolute atomic E-state index is 2.46. The Kier molecular flexibility index (Phi) is 3.20. The second-order valence-corrected chi connectivity index (χ2v) is 5.21. The minimum absolute atomic E-state index is 0.729. The molecule has 1 aliphatic rings. The predicted octanol–water partition coefficient (Wildman–Crippen LogP) is 4.25. The van der Waals surface area contributed by atoms with Crippen molar-refractivity contribution < 1.29 is 0 Å². The van der Waals surface area contributed by atoms with Gasteiger partial charge in [0, 0.05) is 0 Å². The van der Waals surface area contributed by atoms with Crippen molar-refractivity contribution in [2.24, 2.45) is 17.3 Å². The fourth-order valence-electron chi connectivity index (χ4n) is 2.38. The Morgan fingerprint density at radius 2 is 2.08 bits per heavy atom. The van der Waals surface area contributed by atoms with E-state index in [0.717, 1.165) is 17.3 Å². The van der Waals surface area contributed by atoms with Crippen molar-refractivity contribution in [1.82, 2.24) is 0 Å². The lowest BCUT2D eigenvalue weighted by Crippen LogP contribution is -2.05.